The molecule has 0 saturated heterocycles. The molecule has 0 amide bonds. The number of carboxylic acids is 1. The molecule has 0 aliphatic rings. The van der Waals surface area contributed by atoms with Gasteiger partial charge in [-0.15, -0.1) is 0 Å². The summed E-state index contributed by atoms with van der Waals surface area (Å²) in [5.74, 6) is -1.35. The van der Waals surface area contributed by atoms with Crippen molar-refractivity contribution >= 4 is 5.97 Å². The van der Waals surface area contributed by atoms with E-state index < -0.39 is 11.8 Å². The van der Waals surface area contributed by atoms with Gasteiger partial charge in [-0.05, 0) is 25.1 Å². The van der Waals surface area contributed by atoms with Gasteiger partial charge in [-0.1, -0.05) is 0 Å². The topological polar surface area (TPSA) is 77.2 Å². The zero-order valence-electron chi connectivity index (χ0n) is 10.2. The number of aromatic carboxylic acids is 1. The van der Waals surface area contributed by atoms with Gasteiger partial charge in [-0.2, -0.15) is 5.10 Å². The Kier molecular flexibility index (Phi) is 3.74. The van der Waals surface area contributed by atoms with Crippen molar-refractivity contribution in [2.45, 2.75) is 20.1 Å². The third-order valence-electron chi connectivity index (χ3n) is 2.53. The van der Waals surface area contributed by atoms with Crippen LogP contribution in [0.5, 0.6) is 5.75 Å². The smallest absolute Gasteiger partial charge is 0.335 e. The number of carbonyl (C=O) groups is 1. The van der Waals surface area contributed by atoms with Crippen molar-refractivity contribution in [1.29, 1.82) is 0 Å². The zero-order chi connectivity index (χ0) is 13.8. The largest absolute Gasteiger partial charge is 0.483 e. The second-order valence-electron chi connectivity index (χ2n) is 3.73. The van der Waals surface area contributed by atoms with Crippen LogP contribution in [0.25, 0.3) is 0 Å². The standard InChI is InChI=1S/C12H12FN3O3/c1-2-16-11(14-7-15-16)6-19-10-4-3-8(12(17)18)5-9(10)13/h3-5,7H,2,6H2,1H3,(H,17,18). The van der Waals surface area contributed by atoms with Crippen molar-refractivity contribution in [1.82, 2.24) is 14.8 Å². The van der Waals surface area contributed by atoms with E-state index in [2.05, 4.69) is 10.1 Å². The third-order valence-corrected chi connectivity index (χ3v) is 2.53. The molecule has 1 heterocycles. The Hall–Kier alpha value is -2.44. The van der Waals surface area contributed by atoms with E-state index >= 15 is 0 Å². The molecule has 0 fully saturated rings. The van der Waals surface area contributed by atoms with Crippen molar-refractivity contribution in [3.05, 3.63) is 41.7 Å². The number of rotatable bonds is 5. The number of hydrogen-bond donors (Lipinski definition) is 1. The second kappa shape index (κ2) is 5.47. The molecule has 7 heteroatoms. The summed E-state index contributed by atoms with van der Waals surface area (Å²) in [5.41, 5.74) is -0.124. The molecule has 0 bridgehead atoms. The van der Waals surface area contributed by atoms with E-state index in [4.69, 9.17) is 9.84 Å². The highest BCUT2D eigenvalue weighted by molar-refractivity contribution is 5.87. The van der Waals surface area contributed by atoms with E-state index in [-0.39, 0.29) is 17.9 Å². The number of halogens is 1. The molecule has 0 aliphatic heterocycles. The summed E-state index contributed by atoms with van der Waals surface area (Å²) in [5, 5.41) is 12.7. The summed E-state index contributed by atoms with van der Waals surface area (Å²) >= 11 is 0. The van der Waals surface area contributed by atoms with Crippen molar-refractivity contribution in [2.24, 2.45) is 0 Å². The van der Waals surface area contributed by atoms with E-state index in [1.807, 2.05) is 6.92 Å². The van der Waals surface area contributed by atoms with Gasteiger partial charge in [-0.3, -0.25) is 0 Å². The summed E-state index contributed by atoms with van der Waals surface area (Å²) in [7, 11) is 0. The van der Waals surface area contributed by atoms with Crippen LogP contribution in [0.3, 0.4) is 0 Å². The minimum absolute atomic E-state index is 0.0179. The third kappa shape index (κ3) is 2.87. The fraction of sp³-hybridized carbons (Fsp3) is 0.250. The molecule has 0 atom stereocenters. The highest BCUT2D eigenvalue weighted by atomic mass is 19.1. The highest BCUT2D eigenvalue weighted by Crippen LogP contribution is 2.19. The van der Waals surface area contributed by atoms with Crippen molar-refractivity contribution < 1.29 is 19.0 Å². The van der Waals surface area contributed by atoms with Crippen LogP contribution < -0.4 is 4.74 Å². The molecule has 0 saturated carbocycles. The molecule has 1 aromatic heterocycles. The minimum atomic E-state index is -1.18. The average molecular weight is 265 g/mol. The molecular weight excluding hydrogens is 253 g/mol. The average Bonchev–Trinajstić information content (AvgIpc) is 2.84. The molecule has 6 nitrogen and oxygen atoms in total. The summed E-state index contributed by atoms with van der Waals surface area (Å²) in [6.07, 6.45) is 1.39. The van der Waals surface area contributed by atoms with Gasteiger partial charge in [0.2, 0.25) is 0 Å². The van der Waals surface area contributed by atoms with Gasteiger partial charge in [0.1, 0.15) is 12.9 Å². The highest BCUT2D eigenvalue weighted by Gasteiger charge is 2.10. The summed E-state index contributed by atoms with van der Waals surface area (Å²) in [6.45, 7) is 2.61. The normalized spacial score (nSPS) is 10.4. The number of carboxylic acid groups (broad SMARTS) is 1. The first-order valence-corrected chi connectivity index (χ1v) is 5.64. The Labute approximate surface area is 108 Å². The summed E-state index contributed by atoms with van der Waals surface area (Å²) < 4.78 is 20.5. The number of aromatic nitrogens is 3. The number of nitrogens with zero attached hydrogens (tertiary/aromatic N) is 3. The van der Waals surface area contributed by atoms with Gasteiger partial charge in [0.15, 0.2) is 17.4 Å². The van der Waals surface area contributed by atoms with Crippen LogP contribution in [0.15, 0.2) is 24.5 Å². The Balaban J connectivity index is 2.10. The molecule has 2 rings (SSSR count). The number of ether oxygens (including phenoxy) is 1. The van der Waals surface area contributed by atoms with Crippen LogP contribution >= 0.6 is 0 Å². The lowest BCUT2D eigenvalue weighted by Gasteiger charge is -2.07. The van der Waals surface area contributed by atoms with Gasteiger partial charge in [0.25, 0.3) is 0 Å². The van der Waals surface area contributed by atoms with Crippen LogP contribution in [0.4, 0.5) is 4.39 Å². The number of aryl methyl sites for hydroxylation is 1. The fourth-order valence-electron chi connectivity index (χ4n) is 1.56. The maximum atomic E-state index is 13.6. The quantitative estimate of drug-likeness (QED) is 0.890. The van der Waals surface area contributed by atoms with Gasteiger partial charge in [0.05, 0.1) is 5.56 Å². The van der Waals surface area contributed by atoms with Gasteiger partial charge in [-0.25, -0.2) is 18.9 Å². The Bertz CT molecular complexity index is 598. The Morgan fingerprint density at radius 3 is 2.95 bits per heavy atom. The van der Waals surface area contributed by atoms with Crippen LogP contribution in [0, 0.1) is 5.82 Å². The summed E-state index contributed by atoms with van der Waals surface area (Å²) in [6, 6.07) is 3.49. The second-order valence-corrected chi connectivity index (χ2v) is 3.73. The van der Waals surface area contributed by atoms with Crippen molar-refractivity contribution in [3.63, 3.8) is 0 Å². The predicted molar refractivity (Wildman–Crippen MR) is 63.4 cm³/mol. The maximum Gasteiger partial charge on any atom is 0.335 e. The molecule has 0 spiro atoms. The predicted octanol–water partition coefficient (Wildman–Crippen LogP) is 1.71. The van der Waals surface area contributed by atoms with Crippen LogP contribution in [0.2, 0.25) is 0 Å². The van der Waals surface area contributed by atoms with Gasteiger partial charge >= 0.3 is 5.97 Å². The number of hydrogen-bond acceptors (Lipinski definition) is 4. The van der Waals surface area contributed by atoms with Crippen LogP contribution in [-0.2, 0) is 13.2 Å². The molecular formula is C12H12FN3O3. The van der Waals surface area contributed by atoms with E-state index in [1.54, 1.807) is 4.68 Å². The lowest BCUT2D eigenvalue weighted by atomic mass is 10.2. The van der Waals surface area contributed by atoms with Gasteiger partial charge in [0, 0.05) is 6.54 Å². The first-order valence-electron chi connectivity index (χ1n) is 5.64. The van der Waals surface area contributed by atoms with E-state index in [0.29, 0.717) is 12.4 Å². The van der Waals surface area contributed by atoms with Crippen molar-refractivity contribution in [2.75, 3.05) is 0 Å². The minimum Gasteiger partial charge on any atom is -0.483 e. The zero-order valence-corrected chi connectivity index (χ0v) is 10.2. The molecule has 100 valence electrons. The molecule has 19 heavy (non-hydrogen) atoms. The Morgan fingerprint density at radius 1 is 1.53 bits per heavy atom. The van der Waals surface area contributed by atoms with Crippen LogP contribution in [0.1, 0.15) is 23.1 Å². The molecule has 0 aliphatic carbocycles. The lowest BCUT2D eigenvalue weighted by Crippen LogP contribution is -2.08. The van der Waals surface area contributed by atoms with E-state index in [1.165, 1.54) is 18.5 Å². The SMILES string of the molecule is CCn1ncnc1COc1ccc(C(=O)O)cc1F. The molecule has 0 unspecified atom stereocenters. The maximum absolute atomic E-state index is 13.6. The molecule has 2 aromatic rings. The van der Waals surface area contributed by atoms with E-state index in [0.717, 1.165) is 6.07 Å². The van der Waals surface area contributed by atoms with Gasteiger partial charge < -0.3 is 9.84 Å². The fourth-order valence-corrected chi connectivity index (χ4v) is 1.56. The molecule has 1 aromatic carbocycles. The van der Waals surface area contributed by atoms with Crippen LogP contribution in [-0.4, -0.2) is 25.8 Å². The van der Waals surface area contributed by atoms with Crippen molar-refractivity contribution in [3.8, 4) is 5.75 Å². The number of benzene rings is 1. The van der Waals surface area contributed by atoms with E-state index in [9.17, 15) is 9.18 Å². The lowest BCUT2D eigenvalue weighted by molar-refractivity contribution is 0.0696. The molecule has 1 N–H and O–H groups in total. The summed E-state index contributed by atoms with van der Waals surface area (Å²) in [4.78, 5) is 14.7. The Morgan fingerprint density at radius 2 is 2.32 bits per heavy atom. The molecule has 0 radical (unpaired) electrons. The monoisotopic (exact) mass is 265 g/mol. The first kappa shape index (κ1) is 13.0. The first-order chi connectivity index (χ1) is 9.11.